The molecule has 38 heavy (non-hydrogen) atoms. The average molecular weight is 536 g/mol. The topological polar surface area (TPSA) is 79.0 Å². The van der Waals surface area contributed by atoms with E-state index < -0.39 is 17.1 Å². The number of carbonyl (C=O) groups is 3. The van der Waals surface area contributed by atoms with E-state index in [0.717, 1.165) is 58.4 Å². The number of carbonyl (C=O) groups excluding carboxylic acids is 3. The molecule has 7 nitrogen and oxygen atoms in total. The van der Waals surface area contributed by atoms with Gasteiger partial charge in [0.2, 0.25) is 5.91 Å². The zero-order valence-electron chi connectivity index (χ0n) is 23.3. The molecule has 0 aromatic heterocycles. The molecule has 202 valence electrons. The maximum atomic E-state index is 13.2. The molecule has 1 fully saturated rings. The van der Waals surface area contributed by atoms with Crippen LogP contribution in [0.2, 0.25) is 0 Å². The van der Waals surface area contributed by atoms with Gasteiger partial charge in [-0.25, -0.2) is 0 Å². The molecule has 2 aromatic carbocycles. The summed E-state index contributed by atoms with van der Waals surface area (Å²) in [6.07, 6.45) is 3.76. The number of amides is 3. The summed E-state index contributed by atoms with van der Waals surface area (Å²) in [6, 6.07) is 9.82. The maximum Gasteiger partial charge on any atom is 0.294 e. The summed E-state index contributed by atoms with van der Waals surface area (Å²) >= 11 is 0.848. The third-order valence-electron chi connectivity index (χ3n) is 7.30. The first-order valence-electron chi connectivity index (χ1n) is 13.1. The Kier molecular flexibility index (Phi) is 7.93. The number of ether oxygens (including phenoxy) is 1. The van der Waals surface area contributed by atoms with Gasteiger partial charge in [0.15, 0.2) is 0 Å². The minimum atomic E-state index is -0.475. The second-order valence-electron chi connectivity index (χ2n) is 10.9. The number of imide groups is 1. The number of hydrogen-bond acceptors (Lipinski definition) is 6. The van der Waals surface area contributed by atoms with Crippen molar-refractivity contribution in [3.8, 4) is 5.75 Å². The molecule has 1 saturated heterocycles. The molecule has 2 aliphatic rings. The summed E-state index contributed by atoms with van der Waals surface area (Å²) in [5.41, 5.74) is 5.80. The highest BCUT2D eigenvalue weighted by molar-refractivity contribution is 8.18. The van der Waals surface area contributed by atoms with Crippen molar-refractivity contribution in [2.75, 3.05) is 30.4 Å². The molecule has 4 rings (SSSR count). The van der Waals surface area contributed by atoms with Crippen molar-refractivity contribution in [2.24, 2.45) is 0 Å². The molecule has 8 heteroatoms. The summed E-state index contributed by atoms with van der Waals surface area (Å²) in [4.78, 5) is 42.3. The van der Waals surface area contributed by atoms with Crippen molar-refractivity contribution in [3.63, 3.8) is 0 Å². The Morgan fingerprint density at radius 3 is 2.61 bits per heavy atom. The molecule has 2 heterocycles. The van der Waals surface area contributed by atoms with Crippen molar-refractivity contribution in [3.05, 3.63) is 57.5 Å². The fourth-order valence-corrected chi connectivity index (χ4v) is 6.36. The lowest BCUT2D eigenvalue weighted by Gasteiger charge is -2.47. The quantitative estimate of drug-likeness (QED) is 0.408. The number of nitrogens with one attached hydrogen (secondary N) is 1. The number of fused-ring (bicyclic) bond motifs is 1. The fraction of sp³-hybridized carbons (Fsp3) is 0.433. The predicted octanol–water partition coefficient (Wildman–Crippen LogP) is 6.49. The van der Waals surface area contributed by atoms with Crippen molar-refractivity contribution < 1.29 is 19.1 Å². The van der Waals surface area contributed by atoms with Crippen LogP contribution in [-0.4, -0.2) is 47.7 Å². The standard InChI is InChI=1S/C30H37N3O4S/c1-8-11-33-24-15-25(37-7)21(13-22(24)20(4)16-30(33,5)6)14-26-28(35)32(29(36)38-26)17-27(34)31-23-10-9-18(2)12-19(23)3/h9-10,12-15,20H,8,11,16-17H2,1-7H3,(H,31,34)/b26-14+. The molecular weight excluding hydrogens is 498 g/mol. The van der Waals surface area contributed by atoms with Crippen LogP contribution in [0.15, 0.2) is 35.2 Å². The van der Waals surface area contributed by atoms with Gasteiger partial charge in [0, 0.05) is 35.1 Å². The summed E-state index contributed by atoms with van der Waals surface area (Å²) in [5.74, 6) is 0.0842. The highest BCUT2D eigenvalue weighted by Gasteiger charge is 2.38. The zero-order valence-corrected chi connectivity index (χ0v) is 24.1. The highest BCUT2D eigenvalue weighted by Crippen LogP contribution is 2.46. The molecule has 3 amide bonds. The van der Waals surface area contributed by atoms with E-state index in [1.807, 2.05) is 32.0 Å². The van der Waals surface area contributed by atoms with Crippen LogP contribution in [0.5, 0.6) is 5.75 Å². The van der Waals surface area contributed by atoms with Gasteiger partial charge in [0.1, 0.15) is 12.3 Å². The van der Waals surface area contributed by atoms with Crippen molar-refractivity contribution in [2.45, 2.75) is 65.8 Å². The van der Waals surface area contributed by atoms with Gasteiger partial charge < -0.3 is 15.0 Å². The second-order valence-corrected chi connectivity index (χ2v) is 11.8. The van der Waals surface area contributed by atoms with Gasteiger partial charge in [-0.1, -0.05) is 31.5 Å². The maximum absolute atomic E-state index is 13.2. The van der Waals surface area contributed by atoms with Crippen LogP contribution >= 0.6 is 11.8 Å². The molecule has 0 saturated carbocycles. The first kappa shape index (κ1) is 27.8. The summed E-state index contributed by atoms with van der Waals surface area (Å²) in [6.45, 7) is 13.4. The minimum Gasteiger partial charge on any atom is -0.496 e. The Balaban J connectivity index is 1.59. The SMILES string of the molecule is CCCN1c2cc(OC)c(/C=C3/SC(=O)N(CC(=O)Nc4ccc(C)cc4C)C3=O)cc2C(C)CC1(C)C. The molecule has 0 bridgehead atoms. The second kappa shape index (κ2) is 10.8. The van der Waals surface area contributed by atoms with E-state index in [4.69, 9.17) is 4.74 Å². The van der Waals surface area contributed by atoms with Crippen LogP contribution in [0.4, 0.5) is 16.2 Å². The number of rotatable bonds is 7. The number of hydrogen-bond donors (Lipinski definition) is 1. The smallest absolute Gasteiger partial charge is 0.294 e. The van der Waals surface area contributed by atoms with E-state index in [0.29, 0.717) is 17.4 Å². The first-order valence-corrected chi connectivity index (χ1v) is 13.9. The van der Waals surface area contributed by atoms with Crippen molar-refractivity contribution in [1.29, 1.82) is 0 Å². The summed E-state index contributed by atoms with van der Waals surface area (Å²) in [5, 5.41) is 2.35. The van der Waals surface area contributed by atoms with Gasteiger partial charge in [-0.3, -0.25) is 19.3 Å². The van der Waals surface area contributed by atoms with Gasteiger partial charge in [-0.15, -0.1) is 0 Å². The van der Waals surface area contributed by atoms with Gasteiger partial charge in [-0.05, 0) is 87.6 Å². The summed E-state index contributed by atoms with van der Waals surface area (Å²) < 4.78 is 5.74. The molecule has 0 radical (unpaired) electrons. The average Bonchev–Trinajstić information content (AvgIpc) is 3.10. The lowest BCUT2D eigenvalue weighted by atomic mass is 9.79. The van der Waals surface area contributed by atoms with E-state index in [1.54, 1.807) is 13.2 Å². The third kappa shape index (κ3) is 5.46. The van der Waals surface area contributed by atoms with Crippen LogP contribution in [0.25, 0.3) is 6.08 Å². The zero-order chi connectivity index (χ0) is 27.8. The highest BCUT2D eigenvalue weighted by atomic mass is 32.2. The first-order chi connectivity index (χ1) is 17.9. The van der Waals surface area contributed by atoms with E-state index >= 15 is 0 Å². The lowest BCUT2D eigenvalue weighted by molar-refractivity contribution is -0.127. The largest absolute Gasteiger partial charge is 0.496 e. The van der Waals surface area contributed by atoms with E-state index in [9.17, 15) is 14.4 Å². The summed E-state index contributed by atoms with van der Waals surface area (Å²) in [7, 11) is 1.61. The van der Waals surface area contributed by atoms with Gasteiger partial charge in [0.25, 0.3) is 11.1 Å². The number of benzene rings is 2. The van der Waals surface area contributed by atoms with Crippen molar-refractivity contribution in [1.82, 2.24) is 4.90 Å². The molecule has 1 unspecified atom stereocenters. The predicted molar refractivity (Wildman–Crippen MR) is 155 cm³/mol. The van der Waals surface area contributed by atoms with Crippen LogP contribution in [0, 0.1) is 13.8 Å². The van der Waals surface area contributed by atoms with Crippen molar-refractivity contribution >= 4 is 46.3 Å². The van der Waals surface area contributed by atoms with Crippen LogP contribution in [0.1, 0.15) is 68.7 Å². The molecule has 0 spiro atoms. The Hall–Kier alpha value is -3.26. The minimum absolute atomic E-state index is 0.0231. The van der Waals surface area contributed by atoms with E-state index in [-0.39, 0.29) is 17.0 Å². The lowest BCUT2D eigenvalue weighted by Crippen LogP contribution is -2.48. The molecule has 1 N–H and O–H groups in total. The van der Waals surface area contributed by atoms with E-state index in [1.165, 1.54) is 5.56 Å². The monoisotopic (exact) mass is 535 g/mol. The Labute approximate surface area is 229 Å². The Morgan fingerprint density at radius 1 is 1.21 bits per heavy atom. The molecule has 2 aromatic rings. The molecule has 2 aliphatic heterocycles. The van der Waals surface area contributed by atoms with Crippen LogP contribution in [-0.2, 0) is 9.59 Å². The molecule has 0 aliphatic carbocycles. The van der Waals surface area contributed by atoms with Gasteiger partial charge in [0.05, 0.1) is 12.0 Å². The van der Waals surface area contributed by atoms with Gasteiger partial charge >= 0.3 is 0 Å². The Morgan fingerprint density at radius 2 is 1.95 bits per heavy atom. The van der Waals surface area contributed by atoms with Crippen LogP contribution < -0.4 is 15.0 Å². The number of anilines is 2. The number of aryl methyl sites for hydroxylation is 2. The normalized spacial score (nSPS) is 19.7. The molecule has 1 atom stereocenters. The van der Waals surface area contributed by atoms with E-state index in [2.05, 4.69) is 50.0 Å². The third-order valence-corrected chi connectivity index (χ3v) is 8.21. The number of thioether (sulfide) groups is 1. The number of methoxy groups -OCH3 is 1. The van der Waals surface area contributed by atoms with Gasteiger partial charge in [-0.2, -0.15) is 0 Å². The molecular formula is C30H37N3O4S. The Bertz CT molecular complexity index is 1320. The van der Waals surface area contributed by atoms with Crippen LogP contribution in [0.3, 0.4) is 0 Å². The number of nitrogens with zero attached hydrogens (tertiary/aromatic N) is 2. The fourth-order valence-electron chi connectivity index (χ4n) is 5.53.